The van der Waals surface area contributed by atoms with Crippen LogP contribution in [0.2, 0.25) is 0 Å². The van der Waals surface area contributed by atoms with Crippen LogP contribution in [0.25, 0.3) is 0 Å². The molecule has 0 aromatic heterocycles. The van der Waals surface area contributed by atoms with Gasteiger partial charge in [0.1, 0.15) is 0 Å². The Morgan fingerprint density at radius 2 is 1.45 bits per heavy atom. The number of hydrogen-bond acceptors (Lipinski definition) is 4. The van der Waals surface area contributed by atoms with E-state index in [0.29, 0.717) is 16.8 Å². The van der Waals surface area contributed by atoms with Crippen molar-refractivity contribution in [2.45, 2.75) is 55.9 Å². The van der Waals surface area contributed by atoms with Gasteiger partial charge >= 0.3 is 0 Å². The first-order valence-corrected chi connectivity index (χ1v) is 12.8. The van der Waals surface area contributed by atoms with Crippen molar-refractivity contribution in [2.75, 3.05) is 11.1 Å². The molecule has 0 spiro atoms. The third-order valence-corrected chi connectivity index (χ3v) is 8.56. The number of anilines is 1. The van der Waals surface area contributed by atoms with Gasteiger partial charge in [0.2, 0.25) is 5.91 Å². The van der Waals surface area contributed by atoms with E-state index in [4.69, 9.17) is 0 Å². The molecule has 0 radical (unpaired) electrons. The monoisotopic (exact) mass is 462 g/mol. The molecule has 6 heteroatoms. The molecule has 33 heavy (non-hydrogen) atoms. The summed E-state index contributed by atoms with van der Waals surface area (Å²) in [4.78, 5) is 38.6. The predicted molar refractivity (Wildman–Crippen MR) is 131 cm³/mol. The second-order valence-corrected chi connectivity index (χ2v) is 11.1. The van der Waals surface area contributed by atoms with Gasteiger partial charge in [-0.15, -0.1) is 11.8 Å². The van der Waals surface area contributed by atoms with Gasteiger partial charge in [-0.05, 0) is 87.5 Å². The average Bonchev–Trinajstić information content (AvgIpc) is 2.77. The molecule has 6 rings (SSSR count). The summed E-state index contributed by atoms with van der Waals surface area (Å²) in [6.45, 7) is 1.48. The zero-order valence-electron chi connectivity index (χ0n) is 18.9. The first-order chi connectivity index (χ1) is 15.9. The van der Waals surface area contributed by atoms with E-state index in [0.717, 1.165) is 41.9 Å². The molecular formula is C27H30N2O3S. The third kappa shape index (κ3) is 4.72. The molecule has 4 aliphatic carbocycles. The SMILES string of the molecule is CC(=O)c1ccccc1NC(=O)c1ccccc1SCC(=O)NC12CC3CC(CC(C3)C1)C2. The number of ketones is 1. The fourth-order valence-corrected chi connectivity index (χ4v) is 7.46. The molecule has 0 atom stereocenters. The van der Waals surface area contributed by atoms with Crippen LogP contribution in [-0.4, -0.2) is 28.9 Å². The molecule has 4 aliphatic rings. The van der Waals surface area contributed by atoms with Crippen LogP contribution in [0.1, 0.15) is 66.2 Å². The molecular weight excluding hydrogens is 432 g/mol. The Morgan fingerprint density at radius 3 is 2.09 bits per heavy atom. The molecule has 5 nitrogen and oxygen atoms in total. The number of Topliss-reactive ketones (excluding diaryl/α,β-unsaturated/α-hetero) is 1. The fourth-order valence-electron chi connectivity index (χ4n) is 6.61. The number of thioether (sulfide) groups is 1. The van der Waals surface area contributed by atoms with Gasteiger partial charge in [-0.3, -0.25) is 14.4 Å². The van der Waals surface area contributed by atoms with Gasteiger partial charge < -0.3 is 10.6 Å². The van der Waals surface area contributed by atoms with Crippen LogP contribution < -0.4 is 10.6 Å². The molecule has 0 unspecified atom stereocenters. The van der Waals surface area contributed by atoms with Crippen LogP contribution in [-0.2, 0) is 4.79 Å². The molecule has 2 N–H and O–H groups in total. The van der Waals surface area contributed by atoms with E-state index in [1.54, 1.807) is 30.3 Å². The van der Waals surface area contributed by atoms with Crippen LogP contribution in [0.5, 0.6) is 0 Å². The van der Waals surface area contributed by atoms with Crippen molar-refractivity contribution in [1.29, 1.82) is 0 Å². The van der Waals surface area contributed by atoms with Crippen molar-refractivity contribution in [1.82, 2.24) is 5.32 Å². The van der Waals surface area contributed by atoms with Crippen LogP contribution in [0.3, 0.4) is 0 Å². The van der Waals surface area contributed by atoms with E-state index in [2.05, 4.69) is 10.6 Å². The standard InChI is InChI=1S/C27H30N2O3S/c1-17(30)21-6-2-4-8-23(21)28-26(32)22-7-3-5-9-24(22)33-16-25(31)29-27-13-18-10-19(14-27)12-20(11-18)15-27/h2-9,18-20H,10-16H2,1H3,(H,28,32)(H,29,31). The van der Waals surface area contributed by atoms with Crippen molar-refractivity contribution in [3.05, 3.63) is 59.7 Å². The summed E-state index contributed by atoms with van der Waals surface area (Å²) in [5, 5.41) is 6.27. The molecule has 2 aromatic carbocycles. The molecule has 0 heterocycles. The predicted octanol–water partition coefficient (Wildman–Crippen LogP) is 5.32. The lowest BCUT2D eigenvalue weighted by atomic mass is 9.53. The number of nitrogens with one attached hydrogen (secondary N) is 2. The zero-order chi connectivity index (χ0) is 23.0. The lowest BCUT2D eigenvalue weighted by molar-refractivity contribution is -0.124. The zero-order valence-corrected chi connectivity index (χ0v) is 19.8. The van der Waals surface area contributed by atoms with E-state index < -0.39 is 0 Å². The number of benzene rings is 2. The fraction of sp³-hybridized carbons (Fsp3) is 0.444. The maximum Gasteiger partial charge on any atom is 0.256 e. The van der Waals surface area contributed by atoms with Crippen LogP contribution >= 0.6 is 11.8 Å². The number of rotatable bonds is 7. The number of carbonyl (C=O) groups is 3. The van der Waals surface area contributed by atoms with E-state index in [1.807, 2.05) is 18.2 Å². The largest absolute Gasteiger partial charge is 0.350 e. The van der Waals surface area contributed by atoms with E-state index >= 15 is 0 Å². The topological polar surface area (TPSA) is 75.3 Å². The molecule has 0 aliphatic heterocycles. The summed E-state index contributed by atoms with van der Waals surface area (Å²) in [6.07, 6.45) is 7.43. The van der Waals surface area contributed by atoms with E-state index in [9.17, 15) is 14.4 Å². The quantitative estimate of drug-likeness (QED) is 0.431. The maximum absolute atomic E-state index is 13.0. The smallest absolute Gasteiger partial charge is 0.256 e. The van der Waals surface area contributed by atoms with Crippen molar-refractivity contribution in [2.24, 2.45) is 17.8 Å². The van der Waals surface area contributed by atoms with Gasteiger partial charge in [0.05, 0.1) is 17.0 Å². The molecule has 4 fully saturated rings. The van der Waals surface area contributed by atoms with Gasteiger partial charge in [0, 0.05) is 16.0 Å². The summed E-state index contributed by atoms with van der Waals surface area (Å²) in [7, 11) is 0. The Labute approximate surface area is 199 Å². The molecule has 2 aromatic rings. The molecule has 0 saturated heterocycles. The maximum atomic E-state index is 13.0. The number of amides is 2. The van der Waals surface area contributed by atoms with Crippen molar-refractivity contribution < 1.29 is 14.4 Å². The summed E-state index contributed by atoms with van der Waals surface area (Å²) < 4.78 is 0. The van der Waals surface area contributed by atoms with E-state index in [1.165, 1.54) is 37.9 Å². The Hall–Kier alpha value is -2.60. The second-order valence-electron chi connectivity index (χ2n) is 10.1. The highest BCUT2D eigenvalue weighted by Gasteiger charge is 2.51. The highest BCUT2D eigenvalue weighted by atomic mass is 32.2. The molecule has 4 saturated carbocycles. The minimum absolute atomic E-state index is 0.000311. The summed E-state index contributed by atoms with van der Waals surface area (Å²) in [5.41, 5.74) is 1.48. The minimum atomic E-state index is -0.284. The van der Waals surface area contributed by atoms with Gasteiger partial charge in [-0.2, -0.15) is 0 Å². The Bertz CT molecular complexity index is 1060. The Balaban J connectivity index is 1.24. The number of carbonyl (C=O) groups excluding carboxylic acids is 3. The van der Waals surface area contributed by atoms with Gasteiger partial charge in [0.15, 0.2) is 5.78 Å². The molecule has 4 bridgehead atoms. The summed E-state index contributed by atoms with van der Waals surface area (Å²) in [5.74, 6) is 2.31. The summed E-state index contributed by atoms with van der Waals surface area (Å²) in [6, 6.07) is 14.3. The van der Waals surface area contributed by atoms with Gasteiger partial charge in [-0.1, -0.05) is 24.3 Å². The summed E-state index contributed by atoms with van der Waals surface area (Å²) >= 11 is 1.39. The van der Waals surface area contributed by atoms with Crippen molar-refractivity contribution in [3.63, 3.8) is 0 Å². The lowest BCUT2D eigenvalue weighted by Crippen LogP contribution is -2.60. The Kier molecular flexibility index (Phi) is 6.04. The van der Waals surface area contributed by atoms with Crippen LogP contribution in [0.4, 0.5) is 5.69 Å². The molecule has 2 amide bonds. The first-order valence-electron chi connectivity index (χ1n) is 11.8. The number of hydrogen-bond donors (Lipinski definition) is 2. The van der Waals surface area contributed by atoms with Crippen LogP contribution in [0, 0.1) is 17.8 Å². The van der Waals surface area contributed by atoms with Crippen molar-refractivity contribution in [3.8, 4) is 0 Å². The van der Waals surface area contributed by atoms with Gasteiger partial charge in [0.25, 0.3) is 5.91 Å². The third-order valence-electron chi connectivity index (χ3n) is 7.49. The second kappa shape index (κ2) is 8.98. The van der Waals surface area contributed by atoms with Gasteiger partial charge in [-0.25, -0.2) is 0 Å². The van der Waals surface area contributed by atoms with Crippen LogP contribution in [0.15, 0.2) is 53.4 Å². The molecule has 172 valence electrons. The van der Waals surface area contributed by atoms with E-state index in [-0.39, 0.29) is 28.9 Å². The highest BCUT2D eigenvalue weighted by molar-refractivity contribution is 8.00. The lowest BCUT2D eigenvalue weighted by Gasteiger charge is -2.56. The normalized spacial score (nSPS) is 27.2. The first kappa shape index (κ1) is 22.2. The van der Waals surface area contributed by atoms with Crippen molar-refractivity contribution >= 4 is 35.0 Å². The number of para-hydroxylation sites is 1. The average molecular weight is 463 g/mol. The minimum Gasteiger partial charge on any atom is -0.350 e. The Morgan fingerprint density at radius 1 is 0.879 bits per heavy atom. The highest BCUT2D eigenvalue weighted by Crippen LogP contribution is 2.55.